The van der Waals surface area contributed by atoms with E-state index in [0.717, 1.165) is 15.6 Å². The molecule has 0 saturated heterocycles. The number of aryl methyl sites for hydroxylation is 2. The van der Waals surface area contributed by atoms with Gasteiger partial charge in [0.1, 0.15) is 0 Å². The Morgan fingerprint density at radius 1 is 1.00 bits per heavy atom. The number of benzene rings is 2. The average molecular weight is 450 g/mol. The van der Waals surface area contributed by atoms with Crippen molar-refractivity contribution >= 4 is 39.2 Å². The fourth-order valence-corrected chi connectivity index (χ4v) is 3.31. The van der Waals surface area contributed by atoms with Crippen molar-refractivity contribution in [3.05, 3.63) is 57.1 Å². The summed E-state index contributed by atoms with van der Waals surface area (Å²) in [6.07, 6.45) is 3.89. The second kappa shape index (κ2) is 9.76. The Hall–Kier alpha value is -2.05. The van der Waals surface area contributed by atoms with Crippen LogP contribution >= 0.6 is 28.1 Å². The minimum absolute atomic E-state index is 0.550. The Kier molecular flexibility index (Phi) is 7.68. The van der Waals surface area contributed by atoms with Gasteiger partial charge >= 0.3 is 0 Å². The van der Waals surface area contributed by atoms with Gasteiger partial charge in [0.05, 0.1) is 26.3 Å². The van der Waals surface area contributed by atoms with Crippen molar-refractivity contribution in [2.75, 3.05) is 21.3 Å². The summed E-state index contributed by atoms with van der Waals surface area (Å²) < 4.78 is 17.2. The summed E-state index contributed by atoms with van der Waals surface area (Å²) in [7, 11) is 4.79. The molecule has 0 aliphatic rings. The number of methoxy groups -OCH3 is 3. The maximum Gasteiger partial charge on any atom is 0.203 e. The van der Waals surface area contributed by atoms with Crippen molar-refractivity contribution in [3.63, 3.8) is 0 Å². The molecule has 2 aromatic rings. The second-order valence-electron chi connectivity index (χ2n) is 6.04. The lowest BCUT2D eigenvalue weighted by molar-refractivity contribution is 0.323. The van der Waals surface area contributed by atoms with Gasteiger partial charge in [0.2, 0.25) is 5.75 Å². The number of ether oxygens (including phenoxy) is 3. The van der Waals surface area contributed by atoms with E-state index < -0.39 is 0 Å². The molecule has 0 aliphatic carbocycles. The lowest BCUT2D eigenvalue weighted by Crippen LogP contribution is -2.18. The van der Waals surface area contributed by atoms with Crippen LogP contribution < -0.4 is 19.5 Å². The van der Waals surface area contributed by atoms with Crippen LogP contribution in [0.2, 0.25) is 0 Å². The Bertz CT molecular complexity index is 840. The Labute approximate surface area is 174 Å². The summed E-state index contributed by atoms with van der Waals surface area (Å²) in [5.41, 5.74) is 4.57. The summed E-state index contributed by atoms with van der Waals surface area (Å²) in [5, 5.41) is 3.23. The van der Waals surface area contributed by atoms with Gasteiger partial charge in [-0.2, -0.15) is 0 Å². The zero-order valence-electron chi connectivity index (χ0n) is 16.2. The van der Waals surface area contributed by atoms with Crippen LogP contribution in [-0.2, 0) is 6.54 Å². The van der Waals surface area contributed by atoms with E-state index in [4.69, 9.17) is 26.4 Å². The highest BCUT2D eigenvalue weighted by Gasteiger charge is 2.13. The van der Waals surface area contributed by atoms with Gasteiger partial charge in [-0.1, -0.05) is 40.3 Å². The molecule has 2 aromatic carbocycles. The summed E-state index contributed by atoms with van der Waals surface area (Å²) in [6.45, 7) is 4.74. The summed E-state index contributed by atoms with van der Waals surface area (Å²) in [5.74, 6) is 1.81. The first-order valence-electron chi connectivity index (χ1n) is 8.41. The maximum atomic E-state index is 5.42. The predicted molar refractivity (Wildman–Crippen MR) is 118 cm³/mol. The molecule has 0 bridgehead atoms. The molecule has 0 saturated carbocycles. The topological polar surface area (TPSA) is 39.7 Å². The van der Waals surface area contributed by atoms with Crippen LogP contribution in [0.5, 0.6) is 17.2 Å². The first kappa shape index (κ1) is 21.3. The third kappa shape index (κ3) is 5.47. The zero-order valence-corrected chi connectivity index (χ0v) is 18.6. The van der Waals surface area contributed by atoms with Crippen LogP contribution in [0.25, 0.3) is 6.08 Å². The number of halogens is 1. The van der Waals surface area contributed by atoms with Crippen LogP contribution in [0, 0.1) is 13.8 Å². The molecule has 0 unspecified atom stereocenters. The normalized spacial score (nSPS) is 10.7. The maximum absolute atomic E-state index is 5.42. The van der Waals surface area contributed by atoms with Crippen LogP contribution in [-0.4, -0.2) is 26.3 Å². The molecule has 4 nitrogen and oxygen atoms in total. The van der Waals surface area contributed by atoms with Crippen LogP contribution in [0.3, 0.4) is 0 Å². The number of rotatable bonds is 7. The van der Waals surface area contributed by atoms with Gasteiger partial charge < -0.3 is 19.5 Å². The SMILES string of the molecule is COc1cc(CNC(=S)/C=C/c2cc(C)c(C)cc2Br)cc(OC)c1OC. The smallest absolute Gasteiger partial charge is 0.203 e. The lowest BCUT2D eigenvalue weighted by atomic mass is 10.1. The van der Waals surface area contributed by atoms with Gasteiger partial charge in [0.25, 0.3) is 0 Å². The molecule has 0 amide bonds. The number of hydrogen-bond acceptors (Lipinski definition) is 4. The second-order valence-corrected chi connectivity index (χ2v) is 7.34. The fraction of sp³-hybridized carbons (Fsp3) is 0.286. The van der Waals surface area contributed by atoms with Crippen molar-refractivity contribution in [1.82, 2.24) is 5.32 Å². The van der Waals surface area contributed by atoms with E-state index in [1.807, 2.05) is 24.3 Å². The average Bonchev–Trinajstić information content (AvgIpc) is 2.66. The molecule has 0 atom stereocenters. The number of hydrogen-bond donors (Lipinski definition) is 1. The highest BCUT2D eigenvalue weighted by Crippen LogP contribution is 2.38. The first-order valence-corrected chi connectivity index (χ1v) is 9.61. The molecule has 1 N–H and O–H groups in total. The molecule has 0 fully saturated rings. The molecular formula is C21H24BrNO3S. The summed E-state index contributed by atoms with van der Waals surface area (Å²) in [4.78, 5) is 0.647. The largest absolute Gasteiger partial charge is 0.493 e. The van der Waals surface area contributed by atoms with Gasteiger partial charge in [-0.05, 0) is 60.4 Å². The molecule has 6 heteroatoms. The predicted octanol–water partition coefficient (Wildman–Crippen LogP) is 5.22. The van der Waals surface area contributed by atoms with Crippen molar-refractivity contribution in [1.29, 1.82) is 0 Å². The van der Waals surface area contributed by atoms with E-state index in [1.54, 1.807) is 21.3 Å². The van der Waals surface area contributed by atoms with Crippen LogP contribution in [0.15, 0.2) is 34.8 Å². The Morgan fingerprint density at radius 3 is 2.15 bits per heavy atom. The zero-order chi connectivity index (χ0) is 20.0. The van der Waals surface area contributed by atoms with E-state index >= 15 is 0 Å². The van der Waals surface area contributed by atoms with Gasteiger partial charge in [-0.3, -0.25) is 0 Å². The standard InChI is InChI=1S/C21H24BrNO3S/c1-13-8-16(17(22)9-14(13)2)6-7-20(27)23-12-15-10-18(24-3)21(26-5)19(11-15)25-4/h6-11H,12H2,1-5H3,(H,23,27)/b7-6+. The first-order chi connectivity index (χ1) is 12.9. The van der Waals surface area contributed by atoms with Gasteiger partial charge in [0.15, 0.2) is 11.5 Å². The summed E-state index contributed by atoms with van der Waals surface area (Å²) in [6, 6.07) is 8.06. The third-order valence-electron chi connectivity index (χ3n) is 4.22. The highest BCUT2D eigenvalue weighted by atomic mass is 79.9. The Morgan fingerprint density at radius 2 is 1.59 bits per heavy atom. The number of thiocarbonyl (C=S) groups is 1. The molecular weight excluding hydrogens is 426 g/mol. The highest BCUT2D eigenvalue weighted by molar-refractivity contribution is 9.10. The van der Waals surface area contributed by atoms with Crippen molar-refractivity contribution in [2.24, 2.45) is 0 Å². The van der Waals surface area contributed by atoms with E-state index in [1.165, 1.54) is 11.1 Å². The minimum atomic E-state index is 0.550. The van der Waals surface area contributed by atoms with E-state index in [-0.39, 0.29) is 0 Å². The van der Waals surface area contributed by atoms with Crippen LogP contribution in [0.4, 0.5) is 0 Å². The summed E-state index contributed by atoms with van der Waals surface area (Å²) >= 11 is 9.02. The molecule has 0 heterocycles. The van der Waals surface area contributed by atoms with E-state index in [2.05, 4.69) is 47.2 Å². The van der Waals surface area contributed by atoms with Gasteiger partial charge in [-0.15, -0.1) is 0 Å². The fourth-order valence-electron chi connectivity index (χ4n) is 2.58. The van der Waals surface area contributed by atoms with Gasteiger partial charge in [0, 0.05) is 11.0 Å². The molecule has 144 valence electrons. The molecule has 2 rings (SSSR count). The third-order valence-corrected chi connectivity index (χ3v) is 5.19. The molecule has 0 aromatic heterocycles. The monoisotopic (exact) mass is 449 g/mol. The lowest BCUT2D eigenvalue weighted by Gasteiger charge is -2.14. The van der Waals surface area contributed by atoms with E-state index in [0.29, 0.717) is 28.8 Å². The van der Waals surface area contributed by atoms with Crippen LogP contribution in [0.1, 0.15) is 22.3 Å². The Balaban J connectivity index is 2.08. The molecule has 27 heavy (non-hydrogen) atoms. The van der Waals surface area contributed by atoms with Crippen molar-refractivity contribution in [3.8, 4) is 17.2 Å². The van der Waals surface area contributed by atoms with Gasteiger partial charge in [-0.25, -0.2) is 0 Å². The minimum Gasteiger partial charge on any atom is -0.493 e. The van der Waals surface area contributed by atoms with E-state index in [9.17, 15) is 0 Å². The molecule has 0 spiro atoms. The molecule has 0 radical (unpaired) electrons. The van der Waals surface area contributed by atoms with Crippen molar-refractivity contribution in [2.45, 2.75) is 20.4 Å². The molecule has 0 aliphatic heterocycles. The quantitative estimate of drug-likeness (QED) is 0.463. The van der Waals surface area contributed by atoms with Crippen molar-refractivity contribution < 1.29 is 14.2 Å². The number of nitrogens with one attached hydrogen (secondary N) is 1.